The van der Waals surface area contributed by atoms with Crippen LogP contribution in [0.25, 0.3) is 0 Å². The molecule has 0 spiro atoms. The highest BCUT2D eigenvalue weighted by molar-refractivity contribution is 4.87. The van der Waals surface area contributed by atoms with Gasteiger partial charge in [-0.25, -0.2) is 0 Å². The van der Waals surface area contributed by atoms with Crippen LogP contribution in [0.2, 0.25) is 0 Å². The van der Waals surface area contributed by atoms with Crippen molar-refractivity contribution in [2.24, 2.45) is 11.8 Å². The van der Waals surface area contributed by atoms with Crippen molar-refractivity contribution in [2.75, 3.05) is 0 Å². The van der Waals surface area contributed by atoms with Crippen molar-refractivity contribution in [3.05, 3.63) is 0 Å². The Kier molecular flexibility index (Phi) is 13.2. The van der Waals surface area contributed by atoms with Crippen LogP contribution in [-0.4, -0.2) is 11.2 Å². The van der Waals surface area contributed by atoms with E-state index in [1.54, 1.807) is 0 Å². The zero-order chi connectivity index (χ0) is 19.3. The summed E-state index contributed by atoms with van der Waals surface area (Å²) in [5, 5.41) is 0. The number of unbranched alkanes of at least 4 members (excludes halogenated alkanes) is 6. The fourth-order valence-electron chi connectivity index (χ4n) is 4.57. The molecule has 0 aromatic rings. The summed E-state index contributed by atoms with van der Waals surface area (Å²) in [7, 11) is 0. The predicted molar refractivity (Wildman–Crippen MR) is 114 cm³/mol. The molecule has 1 heteroatoms. The van der Waals surface area contributed by atoms with E-state index in [0.29, 0.717) is 11.8 Å². The highest BCUT2D eigenvalue weighted by atomic mass is 16.5. The third-order valence-electron chi connectivity index (χ3n) is 6.29. The monoisotopic (exact) mass is 354 g/mol. The summed E-state index contributed by atoms with van der Waals surface area (Å²) in [6.07, 6.45) is 15.9. The molecule has 0 N–H and O–H groups in total. The second-order valence-corrected chi connectivity index (χ2v) is 9.22. The summed E-state index contributed by atoms with van der Waals surface area (Å²) >= 11 is 0. The average Bonchev–Trinajstić information content (AvgIpc) is 2.53. The summed E-state index contributed by atoms with van der Waals surface area (Å²) in [6, 6.07) is 0. The average molecular weight is 355 g/mol. The molecule has 0 bridgehead atoms. The molecule has 0 saturated carbocycles. The molecule has 0 fully saturated rings. The molecule has 0 heterocycles. The Morgan fingerprint density at radius 3 is 1.20 bits per heavy atom. The van der Waals surface area contributed by atoms with E-state index in [2.05, 4.69) is 55.4 Å². The van der Waals surface area contributed by atoms with Gasteiger partial charge in [0.15, 0.2) is 0 Å². The second kappa shape index (κ2) is 13.2. The van der Waals surface area contributed by atoms with E-state index < -0.39 is 0 Å². The summed E-state index contributed by atoms with van der Waals surface area (Å²) in [5.41, 5.74) is -0.0530. The highest BCUT2D eigenvalue weighted by Crippen LogP contribution is 2.38. The molecule has 0 aromatic heterocycles. The molecule has 2 unspecified atom stereocenters. The molecule has 0 saturated heterocycles. The molecule has 152 valence electrons. The minimum absolute atomic E-state index is 0.0265. The lowest BCUT2D eigenvalue weighted by Gasteiger charge is -2.44. The Labute approximate surface area is 160 Å². The Balaban J connectivity index is 4.69. The predicted octanol–water partition coefficient (Wildman–Crippen LogP) is 8.55. The van der Waals surface area contributed by atoms with Crippen LogP contribution in [0.1, 0.15) is 132 Å². The molecule has 0 aliphatic heterocycles. The third-order valence-corrected chi connectivity index (χ3v) is 6.29. The van der Waals surface area contributed by atoms with E-state index in [1.807, 2.05) is 0 Å². The largest absolute Gasteiger partial charge is 0.369 e. The van der Waals surface area contributed by atoms with Gasteiger partial charge in [0.05, 0.1) is 11.2 Å². The summed E-state index contributed by atoms with van der Waals surface area (Å²) in [5.74, 6) is 1.34. The third kappa shape index (κ3) is 10.0. The van der Waals surface area contributed by atoms with Gasteiger partial charge in [-0.05, 0) is 52.4 Å². The van der Waals surface area contributed by atoms with Gasteiger partial charge in [0.1, 0.15) is 0 Å². The van der Waals surface area contributed by atoms with E-state index in [1.165, 1.54) is 77.0 Å². The van der Waals surface area contributed by atoms with E-state index in [9.17, 15) is 0 Å². The normalized spacial score (nSPS) is 15.4. The molecule has 25 heavy (non-hydrogen) atoms. The van der Waals surface area contributed by atoms with E-state index in [4.69, 9.17) is 4.74 Å². The quantitative estimate of drug-likeness (QED) is 0.252. The number of rotatable bonds is 16. The molecule has 1 nitrogen and oxygen atoms in total. The van der Waals surface area contributed by atoms with Crippen molar-refractivity contribution in [1.29, 1.82) is 0 Å². The lowest BCUT2D eigenvalue weighted by atomic mass is 9.80. The Morgan fingerprint density at radius 2 is 0.920 bits per heavy atom. The van der Waals surface area contributed by atoms with E-state index >= 15 is 0 Å². The van der Waals surface area contributed by atoms with Crippen LogP contribution in [0.3, 0.4) is 0 Å². The molecule has 0 aromatic carbocycles. The SMILES string of the molecule is CCCCCCC(CC)C(C)(C)OC(C)(C)C(CC)CCCCCC. The smallest absolute Gasteiger partial charge is 0.0661 e. The number of hydrogen-bond acceptors (Lipinski definition) is 1. The van der Waals surface area contributed by atoms with Crippen LogP contribution < -0.4 is 0 Å². The van der Waals surface area contributed by atoms with Crippen molar-refractivity contribution in [2.45, 2.75) is 144 Å². The zero-order valence-corrected chi connectivity index (χ0v) is 19.0. The first-order chi connectivity index (χ1) is 11.7. The maximum absolute atomic E-state index is 6.85. The van der Waals surface area contributed by atoms with Crippen molar-refractivity contribution in [1.82, 2.24) is 0 Å². The minimum Gasteiger partial charge on any atom is -0.369 e. The van der Waals surface area contributed by atoms with Crippen LogP contribution in [0.4, 0.5) is 0 Å². The van der Waals surface area contributed by atoms with Crippen LogP contribution in [0, 0.1) is 11.8 Å². The van der Waals surface area contributed by atoms with Gasteiger partial charge in [-0.15, -0.1) is 0 Å². The summed E-state index contributed by atoms with van der Waals surface area (Å²) in [4.78, 5) is 0. The van der Waals surface area contributed by atoms with Gasteiger partial charge in [-0.2, -0.15) is 0 Å². The maximum atomic E-state index is 6.85. The van der Waals surface area contributed by atoms with Gasteiger partial charge in [-0.1, -0.05) is 91.9 Å². The second-order valence-electron chi connectivity index (χ2n) is 9.22. The van der Waals surface area contributed by atoms with E-state index in [-0.39, 0.29) is 11.2 Å². The first kappa shape index (κ1) is 25.0. The molecular weight excluding hydrogens is 304 g/mol. The fraction of sp³-hybridized carbons (Fsp3) is 1.00. The maximum Gasteiger partial charge on any atom is 0.0661 e. The van der Waals surface area contributed by atoms with Gasteiger partial charge < -0.3 is 4.74 Å². The van der Waals surface area contributed by atoms with Crippen molar-refractivity contribution in [3.63, 3.8) is 0 Å². The molecule has 0 amide bonds. The Hall–Kier alpha value is -0.0400. The summed E-state index contributed by atoms with van der Waals surface area (Å²) < 4.78 is 6.85. The van der Waals surface area contributed by atoms with Crippen molar-refractivity contribution < 1.29 is 4.74 Å². The van der Waals surface area contributed by atoms with Crippen LogP contribution in [0.15, 0.2) is 0 Å². The van der Waals surface area contributed by atoms with Crippen LogP contribution in [0.5, 0.6) is 0 Å². The number of ether oxygens (including phenoxy) is 1. The molecule has 0 radical (unpaired) electrons. The first-order valence-corrected chi connectivity index (χ1v) is 11.4. The Morgan fingerprint density at radius 1 is 0.560 bits per heavy atom. The highest BCUT2D eigenvalue weighted by Gasteiger charge is 2.38. The topological polar surface area (TPSA) is 9.23 Å². The fourth-order valence-corrected chi connectivity index (χ4v) is 4.57. The van der Waals surface area contributed by atoms with Gasteiger partial charge >= 0.3 is 0 Å². The first-order valence-electron chi connectivity index (χ1n) is 11.4. The van der Waals surface area contributed by atoms with Crippen LogP contribution >= 0.6 is 0 Å². The van der Waals surface area contributed by atoms with Gasteiger partial charge in [0.2, 0.25) is 0 Å². The molecule has 0 rings (SSSR count). The van der Waals surface area contributed by atoms with Crippen molar-refractivity contribution in [3.8, 4) is 0 Å². The lowest BCUT2D eigenvalue weighted by molar-refractivity contribution is -0.176. The lowest BCUT2D eigenvalue weighted by Crippen LogP contribution is -2.46. The van der Waals surface area contributed by atoms with Gasteiger partial charge in [0.25, 0.3) is 0 Å². The standard InChI is InChI=1S/C24H50O/c1-9-13-15-17-19-21(11-3)23(5,6)25-24(7,8)22(12-4)20-18-16-14-10-2/h21-22H,9-20H2,1-8H3. The van der Waals surface area contributed by atoms with E-state index in [0.717, 1.165) is 0 Å². The minimum atomic E-state index is -0.0265. The molecule has 2 atom stereocenters. The van der Waals surface area contributed by atoms with Crippen LogP contribution in [-0.2, 0) is 4.74 Å². The van der Waals surface area contributed by atoms with Gasteiger partial charge in [0, 0.05) is 0 Å². The van der Waals surface area contributed by atoms with Crippen molar-refractivity contribution >= 4 is 0 Å². The molecule has 0 aliphatic rings. The van der Waals surface area contributed by atoms with Gasteiger partial charge in [-0.3, -0.25) is 0 Å². The molecular formula is C24H50O. The Bertz CT molecular complexity index is 275. The number of hydrogen-bond donors (Lipinski definition) is 0. The summed E-state index contributed by atoms with van der Waals surface area (Å²) in [6.45, 7) is 18.6. The zero-order valence-electron chi connectivity index (χ0n) is 19.0. The molecule has 0 aliphatic carbocycles.